The SMILES string of the molecule is C=C1CC[C@H]2C(C)(C)CCC[C@]2(C)[C@H]1C/C=C1\C(=O)Nc2ccc(Cl)cc21. The molecule has 144 valence electrons. The minimum atomic E-state index is -0.0145. The van der Waals surface area contributed by atoms with Gasteiger partial charge in [0, 0.05) is 21.8 Å². The summed E-state index contributed by atoms with van der Waals surface area (Å²) in [7, 11) is 0. The van der Waals surface area contributed by atoms with Crippen molar-refractivity contribution in [1.29, 1.82) is 0 Å². The number of nitrogens with one attached hydrogen (secondary N) is 1. The molecule has 1 N–H and O–H groups in total. The Labute approximate surface area is 168 Å². The van der Waals surface area contributed by atoms with Crippen LogP contribution in [0.1, 0.15) is 64.9 Å². The van der Waals surface area contributed by atoms with Crippen LogP contribution in [0.25, 0.3) is 5.57 Å². The number of hydrogen-bond acceptors (Lipinski definition) is 1. The lowest BCUT2D eigenvalue weighted by molar-refractivity contribution is -0.110. The molecule has 0 aromatic heterocycles. The van der Waals surface area contributed by atoms with E-state index in [1.165, 1.54) is 31.3 Å². The van der Waals surface area contributed by atoms with Gasteiger partial charge in [0.25, 0.3) is 5.91 Å². The maximum Gasteiger partial charge on any atom is 0.256 e. The summed E-state index contributed by atoms with van der Waals surface area (Å²) < 4.78 is 0. The zero-order valence-electron chi connectivity index (χ0n) is 16.7. The predicted octanol–water partition coefficient (Wildman–Crippen LogP) is 6.86. The minimum Gasteiger partial charge on any atom is -0.321 e. The number of benzene rings is 1. The van der Waals surface area contributed by atoms with Crippen LogP contribution in [0.3, 0.4) is 0 Å². The van der Waals surface area contributed by atoms with Gasteiger partial charge < -0.3 is 5.32 Å². The molecular formula is C24H30ClNO. The Kier molecular flexibility index (Phi) is 4.54. The lowest BCUT2D eigenvalue weighted by Crippen LogP contribution is -2.49. The van der Waals surface area contributed by atoms with Crippen LogP contribution in [-0.2, 0) is 4.79 Å². The van der Waals surface area contributed by atoms with E-state index in [0.29, 0.717) is 16.4 Å². The highest BCUT2D eigenvalue weighted by atomic mass is 35.5. The zero-order valence-corrected chi connectivity index (χ0v) is 17.5. The molecule has 0 saturated heterocycles. The van der Waals surface area contributed by atoms with Crippen LogP contribution in [-0.4, -0.2) is 5.91 Å². The Morgan fingerprint density at radius 1 is 1.30 bits per heavy atom. The van der Waals surface area contributed by atoms with Crippen LogP contribution in [0, 0.1) is 22.7 Å². The number of fused-ring (bicyclic) bond motifs is 2. The molecule has 1 aromatic rings. The molecule has 2 nitrogen and oxygen atoms in total. The molecule has 3 aliphatic rings. The summed E-state index contributed by atoms with van der Waals surface area (Å²) in [4.78, 5) is 12.5. The van der Waals surface area contributed by atoms with Gasteiger partial charge in [0.05, 0.1) is 0 Å². The van der Waals surface area contributed by atoms with E-state index in [-0.39, 0.29) is 11.3 Å². The number of allylic oxidation sites excluding steroid dienone is 2. The normalized spacial score (nSPS) is 33.6. The molecule has 3 atom stereocenters. The number of carbonyl (C=O) groups excluding carboxylic acids is 1. The van der Waals surface area contributed by atoms with Gasteiger partial charge in [0.1, 0.15) is 0 Å². The lowest BCUT2D eigenvalue weighted by atomic mass is 9.47. The van der Waals surface area contributed by atoms with Crippen LogP contribution in [0.2, 0.25) is 5.02 Å². The van der Waals surface area contributed by atoms with E-state index in [4.69, 9.17) is 11.6 Å². The van der Waals surface area contributed by atoms with E-state index in [0.717, 1.165) is 35.6 Å². The van der Waals surface area contributed by atoms with Crippen LogP contribution in [0.15, 0.2) is 36.4 Å². The minimum absolute atomic E-state index is 0.0145. The maximum atomic E-state index is 12.5. The van der Waals surface area contributed by atoms with Crippen molar-refractivity contribution >= 4 is 28.8 Å². The number of hydrogen-bond donors (Lipinski definition) is 1. The van der Waals surface area contributed by atoms with Gasteiger partial charge in [-0.2, -0.15) is 0 Å². The summed E-state index contributed by atoms with van der Waals surface area (Å²) in [5, 5.41) is 3.63. The van der Waals surface area contributed by atoms with Crippen molar-refractivity contribution in [1.82, 2.24) is 0 Å². The number of anilines is 1. The molecule has 1 aliphatic heterocycles. The highest BCUT2D eigenvalue weighted by Crippen LogP contribution is 2.61. The van der Waals surface area contributed by atoms with Gasteiger partial charge in [-0.3, -0.25) is 4.79 Å². The fraction of sp³-hybridized carbons (Fsp3) is 0.542. The van der Waals surface area contributed by atoms with E-state index in [1.807, 2.05) is 18.2 Å². The van der Waals surface area contributed by atoms with E-state index in [1.54, 1.807) is 0 Å². The summed E-state index contributed by atoms with van der Waals surface area (Å²) in [5.41, 5.74) is 4.60. The first kappa shape index (κ1) is 18.8. The van der Waals surface area contributed by atoms with E-state index in [2.05, 4.69) is 38.7 Å². The smallest absolute Gasteiger partial charge is 0.256 e. The molecule has 27 heavy (non-hydrogen) atoms. The molecule has 2 saturated carbocycles. The molecule has 1 heterocycles. The van der Waals surface area contributed by atoms with Crippen molar-refractivity contribution in [2.45, 2.75) is 59.3 Å². The molecule has 2 aliphatic carbocycles. The van der Waals surface area contributed by atoms with Gasteiger partial charge in [-0.25, -0.2) is 0 Å². The number of carbonyl (C=O) groups is 1. The molecule has 1 aromatic carbocycles. The third-order valence-corrected chi connectivity index (χ3v) is 7.88. The van der Waals surface area contributed by atoms with Gasteiger partial charge in [-0.1, -0.05) is 57.0 Å². The first-order chi connectivity index (χ1) is 12.7. The monoisotopic (exact) mass is 383 g/mol. The molecule has 3 heteroatoms. The third-order valence-electron chi connectivity index (χ3n) is 7.64. The van der Waals surface area contributed by atoms with Gasteiger partial charge in [0.15, 0.2) is 0 Å². The van der Waals surface area contributed by atoms with Crippen molar-refractivity contribution in [2.24, 2.45) is 22.7 Å². The summed E-state index contributed by atoms with van der Waals surface area (Å²) in [6.45, 7) is 11.8. The maximum absolute atomic E-state index is 12.5. The Hall–Kier alpha value is -1.54. The first-order valence-corrected chi connectivity index (χ1v) is 10.6. The highest BCUT2D eigenvalue weighted by Gasteiger charge is 2.52. The average molecular weight is 384 g/mol. The Balaban J connectivity index is 1.66. The van der Waals surface area contributed by atoms with Crippen LogP contribution in [0.4, 0.5) is 5.69 Å². The topological polar surface area (TPSA) is 29.1 Å². The molecule has 2 fully saturated rings. The fourth-order valence-corrected chi connectivity index (χ4v) is 6.48. The molecule has 0 unspecified atom stereocenters. The third kappa shape index (κ3) is 3.06. The number of amides is 1. The largest absolute Gasteiger partial charge is 0.321 e. The van der Waals surface area contributed by atoms with Gasteiger partial charge in [0.2, 0.25) is 0 Å². The standard InChI is InChI=1S/C24H30ClNO/c1-15-6-11-21-23(2,3)12-5-13-24(21,4)19(15)9-8-17-18-14-16(25)7-10-20(18)26-22(17)27/h7-8,10,14,19,21H,1,5-6,9,11-13H2,2-4H3,(H,26,27)/b17-8-/t19-,21-,24+/m0/s1. The molecule has 0 radical (unpaired) electrons. The van der Waals surface area contributed by atoms with Crippen LogP contribution in [0.5, 0.6) is 0 Å². The van der Waals surface area contributed by atoms with E-state index in [9.17, 15) is 4.79 Å². The molecular weight excluding hydrogens is 354 g/mol. The van der Waals surface area contributed by atoms with Crippen molar-refractivity contribution in [3.63, 3.8) is 0 Å². The zero-order chi connectivity index (χ0) is 19.4. The summed E-state index contributed by atoms with van der Waals surface area (Å²) in [6, 6.07) is 5.60. The van der Waals surface area contributed by atoms with Gasteiger partial charge in [-0.05, 0) is 73.0 Å². The van der Waals surface area contributed by atoms with Crippen molar-refractivity contribution < 1.29 is 4.79 Å². The summed E-state index contributed by atoms with van der Waals surface area (Å²) >= 11 is 6.17. The Bertz CT molecular complexity index is 837. The van der Waals surface area contributed by atoms with E-state index < -0.39 is 0 Å². The highest BCUT2D eigenvalue weighted by molar-refractivity contribution is 6.34. The van der Waals surface area contributed by atoms with Crippen LogP contribution < -0.4 is 5.32 Å². The Morgan fingerprint density at radius 3 is 2.85 bits per heavy atom. The van der Waals surface area contributed by atoms with Gasteiger partial charge in [-0.15, -0.1) is 0 Å². The van der Waals surface area contributed by atoms with Crippen molar-refractivity contribution in [2.75, 3.05) is 5.32 Å². The number of halogens is 1. The quantitative estimate of drug-likeness (QED) is 0.438. The second-order valence-electron chi connectivity index (χ2n) is 9.65. The predicted molar refractivity (Wildman–Crippen MR) is 114 cm³/mol. The van der Waals surface area contributed by atoms with Crippen molar-refractivity contribution in [3.8, 4) is 0 Å². The summed E-state index contributed by atoms with van der Waals surface area (Å²) in [5.74, 6) is 1.16. The molecule has 1 amide bonds. The Morgan fingerprint density at radius 2 is 2.07 bits per heavy atom. The van der Waals surface area contributed by atoms with Crippen LogP contribution >= 0.6 is 11.6 Å². The van der Waals surface area contributed by atoms with E-state index >= 15 is 0 Å². The van der Waals surface area contributed by atoms with Gasteiger partial charge >= 0.3 is 0 Å². The fourth-order valence-electron chi connectivity index (χ4n) is 6.31. The second-order valence-corrected chi connectivity index (χ2v) is 10.1. The number of rotatable bonds is 2. The molecule has 0 bridgehead atoms. The first-order valence-electron chi connectivity index (χ1n) is 10.2. The lowest BCUT2D eigenvalue weighted by Gasteiger charge is -2.58. The molecule has 4 rings (SSSR count). The average Bonchev–Trinajstić information content (AvgIpc) is 2.88. The van der Waals surface area contributed by atoms with Crippen molar-refractivity contribution in [3.05, 3.63) is 47.0 Å². The second kappa shape index (κ2) is 6.51. The molecule has 0 spiro atoms. The summed E-state index contributed by atoms with van der Waals surface area (Å²) in [6.07, 6.45) is 9.28.